The van der Waals surface area contributed by atoms with E-state index in [9.17, 15) is 22.8 Å². The van der Waals surface area contributed by atoms with E-state index in [0.717, 1.165) is 4.90 Å². The first kappa shape index (κ1) is 16.7. The summed E-state index contributed by atoms with van der Waals surface area (Å²) in [6.45, 7) is 1.61. The highest BCUT2D eigenvalue weighted by molar-refractivity contribution is 5.87. The van der Waals surface area contributed by atoms with Crippen molar-refractivity contribution in [3.8, 4) is 0 Å². The second kappa shape index (κ2) is 6.58. The van der Waals surface area contributed by atoms with Crippen molar-refractivity contribution in [1.82, 2.24) is 10.2 Å². The summed E-state index contributed by atoms with van der Waals surface area (Å²) in [5, 5.41) is 1.68. The monoisotopic (exact) mass is 269 g/mol. The molecule has 0 saturated carbocycles. The minimum atomic E-state index is -4.47. The highest BCUT2D eigenvalue weighted by Crippen LogP contribution is 2.12. The maximum atomic E-state index is 11.8. The predicted octanol–water partition coefficient (Wildman–Crippen LogP) is 0.107. The molecule has 1 unspecified atom stereocenters. The Morgan fingerprint density at radius 2 is 1.83 bits per heavy atom. The molecule has 1 atom stereocenters. The van der Waals surface area contributed by atoms with Gasteiger partial charge in [-0.3, -0.25) is 9.59 Å². The number of alkyl halides is 3. The van der Waals surface area contributed by atoms with Crippen LogP contribution in [0.15, 0.2) is 0 Å². The van der Waals surface area contributed by atoms with Gasteiger partial charge in [-0.05, 0) is 5.92 Å². The van der Waals surface area contributed by atoms with Crippen molar-refractivity contribution in [2.75, 3.05) is 20.1 Å². The van der Waals surface area contributed by atoms with E-state index in [-0.39, 0.29) is 5.92 Å². The van der Waals surface area contributed by atoms with Crippen molar-refractivity contribution in [2.45, 2.75) is 26.1 Å². The number of amides is 2. The molecule has 0 fully saturated rings. The Balaban J connectivity index is 4.19. The van der Waals surface area contributed by atoms with Gasteiger partial charge in [0.15, 0.2) is 0 Å². The molecule has 0 rings (SSSR count). The molecule has 8 heteroatoms. The van der Waals surface area contributed by atoms with Crippen molar-refractivity contribution in [1.29, 1.82) is 0 Å². The van der Waals surface area contributed by atoms with Gasteiger partial charge in [-0.15, -0.1) is 0 Å². The normalized spacial score (nSPS) is 13.3. The molecular weight excluding hydrogens is 251 g/mol. The van der Waals surface area contributed by atoms with Crippen LogP contribution in [0.4, 0.5) is 13.2 Å². The first-order valence-corrected chi connectivity index (χ1v) is 5.38. The van der Waals surface area contributed by atoms with Crippen molar-refractivity contribution < 1.29 is 22.8 Å². The minimum absolute atomic E-state index is 0.113. The fraction of sp³-hybridized carbons (Fsp3) is 0.800. The van der Waals surface area contributed by atoms with Gasteiger partial charge in [0.1, 0.15) is 6.54 Å². The van der Waals surface area contributed by atoms with Gasteiger partial charge in [0.25, 0.3) is 0 Å². The summed E-state index contributed by atoms with van der Waals surface area (Å²) in [5.74, 6) is -1.47. The number of hydrogen-bond donors (Lipinski definition) is 2. The van der Waals surface area contributed by atoms with Crippen LogP contribution < -0.4 is 11.1 Å². The zero-order valence-corrected chi connectivity index (χ0v) is 10.5. The molecule has 5 nitrogen and oxygen atoms in total. The molecule has 2 amide bonds. The van der Waals surface area contributed by atoms with Crippen LogP contribution in [-0.2, 0) is 9.59 Å². The number of likely N-dealkylation sites (N-methyl/N-ethyl adjacent to an activating group) is 1. The number of nitrogens with zero attached hydrogens (tertiary/aromatic N) is 1. The fourth-order valence-corrected chi connectivity index (χ4v) is 1.09. The third-order valence-corrected chi connectivity index (χ3v) is 2.25. The average Bonchev–Trinajstić information content (AvgIpc) is 2.23. The number of nitrogens with one attached hydrogen (secondary N) is 1. The summed E-state index contributed by atoms with van der Waals surface area (Å²) in [5.41, 5.74) is 5.58. The second-order valence-electron chi connectivity index (χ2n) is 4.36. The molecule has 0 spiro atoms. The SMILES string of the molecule is CC(C)C(N)C(=O)N(C)CC(=O)NCC(F)(F)F. The molecule has 0 saturated heterocycles. The molecule has 0 aliphatic rings. The van der Waals surface area contributed by atoms with E-state index >= 15 is 0 Å². The zero-order chi connectivity index (χ0) is 14.5. The average molecular weight is 269 g/mol. The Morgan fingerprint density at radius 1 is 1.33 bits per heavy atom. The van der Waals surface area contributed by atoms with E-state index in [1.54, 1.807) is 19.2 Å². The molecule has 3 N–H and O–H groups in total. The van der Waals surface area contributed by atoms with E-state index in [1.165, 1.54) is 7.05 Å². The van der Waals surface area contributed by atoms with E-state index < -0.39 is 37.1 Å². The molecule has 0 radical (unpaired) electrons. The van der Waals surface area contributed by atoms with Crippen molar-refractivity contribution in [3.05, 3.63) is 0 Å². The highest BCUT2D eigenvalue weighted by atomic mass is 19.4. The van der Waals surface area contributed by atoms with Gasteiger partial charge in [0.05, 0.1) is 12.6 Å². The number of carbonyl (C=O) groups is 2. The molecule has 0 bridgehead atoms. The summed E-state index contributed by atoms with van der Waals surface area (Å²) in [4.78, 5) is 23.8. The molecule has 0 aromatic rings. The molecule has 0 aromatic carbocycles. The number of halogens is 3. The molecule has 106 valence electrons. The predicted molar refractivity (Wildman–Crippen MR) is 59.5 cm³/mol. The Kier molecular flexibility index (Phi) is 6.10. The quantitative estimate of drug-likeness (QED) is 0.743. The van der Waals surface area contributed by atoms with E-state index in [0.29, 0.717) is 0 Å². The maximum Gasteiger partial charge on any atom is 0.405 e. The third kappa shape index (κ3) is 6.43. The summed E-state index contributed by atoms with van der Waals surface area (Å²) in [6.07, 6.45) is -4.47. The summed E-state index contributed by atoms with van der Waals surface area (Å²) in [7, 11) is 1.32. The molecule has 0 heterocycles. The summed E-state index contributed by atoms with van der Waals surface area (Å²) >= 11 is 0. The number of rotatable bonds is 5. The molecule has 18 heavy (non-hydrogen) atoms. The lowest BCUT2D eigenvalue weighted by Crippen LogP contribution is -2.48. The first-order valence-electron chi connectivity index (χ1n) is 5.38. The van der Waals surface area contributed by atoms with Crippen LogP contribution in [0.2, 0.25) is 0 Å². The third-order valence-electron chi connectivity index (χ3n) is 2.25. The lowest BCUT2D eigenvalue weighted by Gasteiger charge is -2.23. The van der Waals surface area contributed by atoms with Gasteiger partial charge in [-0.2, -0.15) is 13.2 Å². The second-order valence-corrected chi connectivity index (χ2v) is 4.36. The van der Waals surface area contributed by atoms with Crippen LogP contribution in [0.25, 0.3) is 0 Å². The first-order chi connectivity index (χ1) is 8.04. The number of nitrogens with two attached hydrogens (primary N) is 1. The fourth-order valence-electron chi connectivity index (χ4n) is 1.09. The van der Waals surface area contributed by atoms with Gasteiger partial charge < -0.3 is 16.0 Å². The smallest absolute Gasteiger partial charge is 0.345 e. The molecular formula is C10H18F3N3O2. The van der Waals surface area contributed by atoms with Gasteiger partial charge in [-0.1, -0.05) is 13.8 Å². The van der Waals surface area contributed by atoms with Crippen LogP contribution in [0.1, 0.15) is 13.8 Å². The van der Waals surface area contributed by atoms with Gasteiger partial charge in [-0.25, -0.2) is 0 Å². The molecule has 0 aliphatic heterocycles. The highest BCUT2D eigenvalue weighted by Gasteiger charge is 2.28. The van der Waals surface area contributed by atoms with Gasteiger partial charge in [0, 0.05) is 7.05 Å². The summed E-state index contributed by atoms with van der Waals surface area (Å²) in [6, 6.07) is -0.773. The van der Waals surface area contributed by atoms with Crippen molar-refractivity contribution in [2.24, 2.45) is 11.7 Å². The standard InChI is InChI=1S/C10H18F3N3O2/c1-6(2)8(14)9(18)16(3)4-7(17)15-5-10(11,12)13/h6,8H,4-5,14H2,1-3H3,(H,15,17). The summed E-state index contributed by atoms with van der Waals surface area (Å²) < 4.78 is 35.5. The number of hydrogen-bond acceptors (Lipinski definition) is 3. The minimum Gasteiger partial charge on any atom is -0.345 e. The Hall–Kier alpha value is -1.31. The zero-order valence-electron chi connectivity index (χ0n) is 10.5. The van der Waals surface area contributed by atoms with Crippen LogP contribution in [0.3, 0.4) is 0 Å². The number of carbonyl (C=O) groups excluding carboxylic acids is 2. The van der Waals surface area contributed by atoms with E-state index in [2.05, 4.69) is 0 Å². The van der Waals surface area contributed by atoms with Crippen LogP contribution >= 0.6 is 0 Å². The van der Waals surface area contributed by atoms with Crippen LogP contribution in [0, 0.1) is 5.92 Å². The van der Waals surface area contributed by atoms with Gasteiger partial charge >= 0.3 is 6.18 Å². The lowest BCUT2D eigenvalue weighted by atomic mass is 10.0. The Bertz CT molecular complexity index is 305. The Morgan fingerprint density at radius 3 is 2.22 bits per heavy atom. The van der Waals surface area contributed by atoms with Gasteiger partial charge in [0.2, 0.25) is 11.8 Å². The molecule has 0 aliphatic carbocycles. The van der Waals surface area contributed by atoms with Crippen molar-refractivity contribution >= 4 is 11.8 Å². The van der Waals surface area contributed by atoms with Crippen LogP contribution in [-0.4, -0.2) is 49.1 Å². The van der Waals surface area contributed by atoms with E-state index in [4.69, 9.17) is 5.73 Å². The largest absolute Gasteiger partial charge is 0.405 e. The van der Waals surface area contributed by atoms with Crippen molar-refractivity contribution in [3.63, 3.8) is 0 Å². The van der Waals surface area contributed by atoms with E-state index in [1.807, 2.05) is 0 Å². The lowest BCUT2D eigenvalue weighted by molar-refractivity contribution is -0.142. The molecule has 0 aromatic heterocycles. The Labute approximate surface area is 103 Å². The maximum absolute atomic E-state index is 11.8. The van der Waals surface area contributed by atoms with Crippen LogP contribution in [0.5, 0.6) is 0 Å². The topological polar surface area (TPSA) is 75.4 Å².